The van der Waals surface area contributed by atoms with Crippen molar-refractivity contribution in [3.05, 3.63) is 0 Å². The summed E-state index contributed by atoms with van der Waals surface area (Å²) in [5.41, 5.74) is 9.71. The zero-order chi connectivity index (χ0) is 110. The Kier molecular flexibility index (Phi) is 76.4. The van der Waals surface area contributed by atoms with Gasteiger partial charge in [-0.15, -0.1) is 0 Å². The smallest absolute Gasteiger partial charge is 0.0514 e. The molecular weight excluding hydrogens is 1650 g/mol. The van der Waals surface area contributed by atoms with Crippen LogP contribution in [0.2, 0.25) is 0 Å². The Hall–Kier alpha value is -0.200. The van der Waals surface area contributed by atoms with Gasteiger partial charge in [-0.2, -0.15) is 0 Å². The van der Waals surface area contributed by atoms with Crippen molar-refractivity contribution in [1.29, 1.82) is 0 Å². The van der Waals surface area contributed by atoms with Crippen LogP contribution in [0.1, 0.15) is 668 Å². The van der Waals surface area contributed by atoms with E-state index in [9.17, 15) is 0 Å². The number of unbranched alkanes of at least 4 members (excludes halogenated alkanes) is 12. The average molecular weight is 1930 g/mol. The largest absolute Gasteiger partial charge is 0.381 e. The summed E-state index contributed by atoms with van der Waals surface area (Å²) < 4.78 is 11.3. The second kappa shape index (κ2) is 67.7. The molecular formula is C131H283N3O2. The maximum atomic E-state index is 5.71. The Labute approximate surface area is 871 Å². The van der Waals surface area contributed by atoms with Gasteiger partial charge in [-0.3, -0.25) is 0 Å². The van der Waals surface area contributed by atoms with Gasteiger partial charge in [0.05, 0.1) is 13.2 Å². The van der Waals surface area contributed by atoms with Gasteiger partial charge in [-0.25, -0.2) is 0 Å². The zero-order valence-corrected chi connectivity index (χ0v) is 109. The van der Waals surface area contributed by atoms with Gasteiger partial charge >= 0.3 is 0 Å². The van der Waals surface area contributed by atoms with Crippen LogP contribution in [0.25, 0.3) is 0 Å². The zero-order valence-electron chi connectivity index (χ0n) is 109. The molecule has 0 aromatic heterocycles. The minimum absolute atomic E-state index is 0.256. The van der Waals surface area contributed by atoms with Gasteiger partial charge in [-0.1, -0.05) is 497 Å². The Balaban J connectivity index is -0.000000191. The molecule has 0 heterocycles. The van der Waals surface area contributed by atoms with Gasteiger partial charge in [0.2, 0.25) is 0 Å². The molecule has 0 saturated heterocycles. The summed E-state index contributed by atoms with van der Waals surface area (Å²) in [6.45, 7) is 158. The summed E-state index contributed by atoms with van der Waals surface area (Å²) in [5.74, 6) is 0.854. The van der Waals surface area contributed by atoms with Crippen LogP contribution in [0.5, 0.6) is 0 Å². The van der Waals surface area contributed by atoms with E-state index in [1.165, 1.54) is 225 Å². The molecule has 2 N–H and O–H groups in total. The van der Waals surface area contributed by atoms with E-state index in [1.54, 1.807) is 0 Å². The van der Waals surface area contributed by atoms with Crippen molar-refractivity contribution in [3.8, 4) is 0 Å². The summed E-state index contributed by atoms with van der Waals surface area (Å²) in [6, 6.07) is 0. The number of nitrogens with zero attached hydrogens (tertiary/aromatic N) is 1. The maximum Gasteiger partial charge on any atom is 0.0514 e. The fourth-order valence-corrected chi connectivity index (χ4v) is 13.8. The van der Waals surface area contributed by atoms with Gasteiger partial charge < -0.3 is 25.0 Å². The van der Waals surface area contributed by atoms with E-state index in [1.807, 2.05) is 0 Å². The molecule has 0 unspecified atom stereocenters. The molecule has 0 aliphatic rings. The van der Waals surface area contributed by atoms with Gasteiger partial charge in [0, 0.05) is 29.8 Å². The molecule has 0 saturated carbocycles. The van der Waals surface area contributed by atoms with Crippen LogP contribution in [0.4, 0.5) is 0 Å². The van der Waals surface area contributed by atoms with Crippen LogP contribution in [-0.4, -0.2) is 74.6 Å². The Morgan fingerprint density at radius 1 is 0.199 bits per heavy atom. The topological polar surface area (TPSA) is 45.8 Å². The summed E-state index contributed by atoms with van der Waals surface area (Å²) in [7, 11) is 2.23. The number of rotatable bonds is 43. The molecule has 0 aromatic carbocycles. The first-order valence-corrected chi connectivity index (χ1v) is 57.8. The molecule has 5 nitrogen and oxygen atoms in total. The lowest BCUT2D eigenvalue weighted by Gasteiger charge is -2.39. The third kappa shape index (κ3) is 113. The number of ether oxygens (including phenoxy) is 2. The van der Waals surface area contributed by atoms with Gasteiger partial charge in [0.1, 0.15) is 0 Å². The Bertz CT molecular complexity index is 2570. The molecule has 0 amide bonds. The van der Waals surface area contributed by atoms with Crippen LogP contribution in [0.3, 0.4) is 0 Å². The summed E-state index contributed by atoms with van der Waals surface area (Å²) in [4.78, 5) is 2.46. The highest BCUT2D eigenvalue weighted by molar-refractivity contribution is 4.88. The van der Waals surface area contributed by atoms with Crippen LogP contribution >= 0.6 is 0 Å². The predicted molar refractivity (Wildman–Crippen MR) is 636 cm³/mol. The molecule has 5 heteroatoms. The second-order valence-corrected chi connectivity index (χ2v) is 67.2. The molecule has 0 bridgehead atoms. The van der Waals surface area contributed by atoms with Gasteiger partial charge in [0.15, 0.2) is 0 Å². The van der Waals surface area contributed by atoms with Crippen LogP contribution in [0.15, 0.2) is 0 Å². The lowest BCUT2D eigenvalue weighted by Crippen LogP contribution is -2.38. The van der Waals surface area contributed by atoms with E-state index < -0.39 is 0 Å². The average Bonchev–Trinajstić information content (AvgIpc) is 0.853. The third-order valence-corrected chi connectivity index (χ3v) is 30.7. The molecule has 0 aliphatic carbocycles. The SMILES string of the molecule is CC(C)(C)CCCCCC(C)(C)C.CC(C)(C)CCCCCC(C)(C)C(C)(C)C.CC(C)(C)CCCCCCC(C)(C)C.CC(C)(C)CCCOCC(C)(C)C.CC(C)(C)COCCCC(C)(C)C(C)(C)C.CC(C)(C)NCCCC(C)(C)C(C)(C)C.CC(C)(C)NCCCCCC(C)(C)C(C)(C)C.CN(CCCCC(C)(C)C(C)(C)C)C(C)(C)C.C[C@@H](CCCCCC(C)(C)C)C(C)(C)C. The third-order valence-electron chi connectivity index (χ3n) is 30.7. The van der Waals surface area contributed by atoms with Gasteiger partial charge in [0.25, 0.3) is 0 Å². The van der Waals surface area contributed by atoms with Crippen molar-refractivity contribution >= 4 is 0 Å². The fraction of sp³-hybridized carbons (Fsp3) is 1.00. The molecule has 834 valence electrons. The quantitative estimate of drug-likeness (QED) is 0.0596. The van der Waals surface area contributed by atoms with Crippen molar-refractivity contribution in [2.24, 2.45) is 114 Å². The highest BCUT2D eigenvalue weighted by Gasteiger charge is 2.37. The molecule has 0 aromatic rings. The van der Waals surface area contributed by atoms with Crippen molar-refractivity contribution in [2.45, 2.75) is 685 Å². The summed E-state index contributed by atoms with van der Waals surface area (Å²) in [6.07, 6.45) is 46.0. The fourth-order valence-electron chi connectivity index (χ4n) is 13.8. The highest BCUT2D eigenvalue weighted by Crippen LogP contribution is 2.47. The molecule has 1 atom stereocenters. The van der Waals surface area contributed by atoms with E-state index in [0.717, 1.165) is 45.4 Å². The lowest BCUT2D eigenvalue weighted by atomic mass is 9.66. The second-order valence-electron chi connectivity index (χ2n) is 67.2. The molecule has 0 spiro atoms. The normalized spacial score (nSPS) is 14.1. The Morgan fingerprint density at radius 2 is 0.382 bits per heavy atom. The molecule has 0 rings (SSSR count). The first-order chi connectivity index (χ1) is 59.5. The number of hydrogen-bond acceptors (Lipinski definition) is 5. The van der Waals surface area contributed by atoms with Crippen LogP contribution < -0.4 is 10.6 Å². The number of hydrogen-bond donors (Lipinski definition) is 2. The molecule has 136 heavy (non-hydrogen) atoms. The monoisotopic (exact) mass is 1930 g/mol. The first kappa shape index (κ1) is 153. The summed E-state index contributed by atoms with van der Waals surface area (Å²) in [5, 5.41) is 7.10. The van der Waals surface area contributed by atoms with Crippen molar-refractivity contribution in [1.82, 2.24) is 15.5 Å². The standard InChI is InChI=1S/2C16H35N.C16H34.C15H32O.C15H32.C14H31N.C14H30.C13H28.C12H26O/c1-14(2,3)16(7,8)12-10-11-13-17(9)15(4,5)6;1-14(2,3)16(7,8)12-10-9-11-13-17-15(4,5)6;1-14(2,3)12-10-9-11-13-16(7,8)15(4,5)6;1-13(2,3)12-16-11-9-10-15(7,8)14(4,5)6;1-13(15(5,6)7)11-9-8-10-12-14(2,3)4;1-12(2,3)14(7,8)10-9-11-15-13(4,5)6;1-13(2,3)11-9-7-8-10-12-14(4,5)6;1-12(2,3)10-8-7-9-11-13(4,5)6;1-11(2,3)8-7-9-13-10-12(4,5)6/h10-13H2,1-9H3;17H,9-13H2,1-8H3;9-13H2,1-8H3;9-12H2,1-8H3;13H,8-12H2,1-7H3;15H,9-11H2,1-8H3;7-12H2,1-6H3;7-11H2,1-6H3;7-10H2,1-6H3/t;;;;13-;;;;/m....0..../s1. The summed E-state index contributed by atoms with van der Waals surface area (Å²) >= 11 is 0. The molecule has 0 fully saturated rings. The lowest BCUT2D eigenvalue weighted by molar-refractivity contribution is 0.0507. The maximum absolute atomic E-state index is 5.71. The molecule has 0 aliphatic heterocycles. The van der Waals surface area contributed by atoms with Crippen molar-refractivity contribution in [2.75, 3.05) is 53.1 Å². The first-order valence-electron chi connectivity index (χ1n) is 57.8. The van der Waals surface area contributed by atoms with E-state index in [0.29, 0.717) is 114 Å². The van der Waals surface area contributed by atoms with Gasteiger partial charge in [-0.05, 0) is 312 Å². The molecule has 0 radical (unpaired) electrons. The minimum atomic E-state index is 0.256. The minimum Gasteiger partial charge on any atom is -0.381 e. The Morgan fingerprint density at radius 3 is 0.596 bits per heavy atom. The highest BCUT2D eigenvalue weighted by atomic mass is 16.5. The van der Waals surface area contributed by atoms with E-state index >= 15 is 0 Å². The van der Waals surface area contributed by atoms with Crippen LogP contribution in [-0.2, 0) is 9.47 Å². The number of nitrogens with one attached hydrogen (secondary N) is 2. The van der Waals surface area contributed by atoms with E-state index in [2.05, 4.69) is 473 Å². The van der Waals surface area contributed by atoms with Crippen LogP contribution in [0, 0.1) is 114 Å². The van der Waals surface area contributed by atoms with E-state index in [4.69, 9.17) is 9.47 Å². The van der Waals surface area contributed by atoms with Crippen molar-refractivity contribution < 1.29 is 9.47 Å². The predicted octanol–water partition coefficient (Wildman–Crippen LogP) is 45.1. The van der Waals surface area contributed by atoms with Crippen molar-refractivity contribution in [3.63, 3.8) is 0 Å². The van der Waals surface area contributed by atoms with E-state index in [-0.39, 0.29) is 11.1 Å².